The molecule has 0 saturated heterocycles. The Labute approximate surface area is 105 Å². The highest BCUT2D eigenvalue weighted by Crippen LogP contribution is 2.28. The highest BCUT2D eigenvalue weighted by molar-refractivity contribution is 5.83. The highest BCUT2D eigenvalue weighted by Gasteiger charge is 2.19. The van der Waals surface area contributed by atoms with Crippen LogP contribution in [-0.2, 0) is 4.79 Å². The molecule has 0 unspecified atom stereocenters. The Morgan fingerprint density at radius 2 is 2.06 bits per heavy atom. The topological polar surface area (TPSA) is 58.4 Å². The van der Waals surface area contributed by atoms with Gasteiger partial charge in [0.2, 0.25) is 5.91 Å². The second-order valence-electron chi connectivity index (χ2n) is 3.77. The molecule has 18 heavy (non-hydrogen) atoms. The smallest absolute Gasteiger partial charge is 0.239 e. The van der Waals surface area contributed by atoms with Gasteiger partial charge in [0.1, 0.15) is 0 Å². The molecule has 0 spiro atoms. The molecular formula is C12H17F2N3O. The van der Waals surface area contributed by atoms with E-state index < -0.39 is 11.6 Å². The predicted molar refractivity (Wildman–Crippen MR) is 67.3 cm³/mol. The monoisotopic (exact) mass is 257 g/mol. The van der Waals surface area contributed by atoms with Crippen molar-refractivity contribution in [1.29, 1.82) is 0 Å². The third kappa shape index (κ3) is 3.09. The first-order valence-electron chi connectivity index (χ1n) is 5.76. The van der Waals surface area contributed by atoms with Crippen LogP contribution in [0.15, 0.2) is 12.1 Å². The molecule has 100 valence electrons. The zero-order valence-electron chi connectivity index (χ0n) is 10.5. The molecule has 0 saturated carbocycles. The van der Waals surface area contributed by atoms with E-state index in [2.05, 4.69) is 5.32 Å². The molecule has 0 aliphatic heterocycles. The molecule has 0 bridgehead atoms. The SMILES string of the molecule is CCNC(=O)CN(CC)c1c(N)ccc(F)c1F. The van der Waals surface area contributed by atoms with E-state index in [9.17, 15) is 13.6 Å². The van der Waals surface area contributed by atoms with E-state index in [-0.39, 0.29) is 23.8 Å². The number of hydrogen-bond donors (Lipinski definition) is 2. The van der Waals surface area contributed by atoms with Gasteiger partial charge < -0.3 is 16.0 Å². The Balaban J connectivity index is 3.02. The van der Waals surface area contributed by atoms with Gasteiger partial charge in [0.05, 0.1) is 17.9 Å². The third-order valence-electron chi connectivity index (χ3n) is 2.51. The summed E-state index contributed by atoms with van der Waals surface area (Å²) in [5.41, 5.74) is 5.68. The number of anilines is 2. The number of hydrogen-bond acceptors (Lipinski definition) is 3. The van der Waals surface area contributed by atoms with Crippen molar-refractivity contribution in [3.63, 3.8) is 0 Å². The van der Waals surface area contributed by atoms with E-state index in [1.807, 2.05) is 0 Å². The highest BCUT2D eigenvalue weighted by atomic mass is 19.2. The Kier molecular flexibility index (Phi) is 4.88. The molecule has 1 amide bonds. The van der Waals surface area contributed by atoms with Crippen molar-refractivity contribution < 1.29 is 13.6 Å². The molecule has 3 N–H and O–H groups in total. The largest absolute Gasteiger partial charge is 0.397 e. The van der Waals surface area contributed by atoms with Crippen LogP contribution in [0.1, 0.15) is 13.8 Å². The number of likely N-dealkylation sites (N-methyl/N-ethyl adjacent to an activating group) is 2. The molecule has 0 aliphatic carbocycles. The number of carbonyl (C=O) groups excluding carboxylic acids is 1. The summed E-state index contributed by atoms with van der Waals surface area (Å²) in [7, 11) is 0. The number of nitrogens with two attached hydrogens (primary N) is 1. The Morgan fingerprint density at radius 1 is 1.39 bits per heavy atom. The van der Waals surface area contributed by atoms with Crippen LogP contribution >= 0.6 is 0 Å². The molecular weight excluding hydrogens is 240 g/mol. The maximum absolute atomic E-state index is 13.7. The minimum atomic E-state index is -1.03. The number of nitrogen functional groups attached to an aromatic ring is 1. The van der Waals surface area contributed by atoms with E-state index in [1.165, 1.54) is 11.0 Å². The first kappa shape index (κ1) is 14.2. The fraction of sp³-hybridized carbons (Fsp3) is 0.417. The van der Waals surface area contributed by atoms with E-state index >= 15 is 0 Å². The summed E-state index contributed by atoms with van der Waals surface area (Å²) in [4.78, 5) is 12.9. The summed E-state index contributed by atoms with van der Waals surface area (Å²) in [6, 6.07) is 2.25. The zero-order valence-corrected chi connectivity index (χ0v) is 10.5. The van der Waals surface area contributed by atoms with Crippen molar-refractivity contribution in [2.24, 2.45) is 0 Å². The van der Waals surface area contributed by atoms with Crippen LogP contribution in [0.3, 0.4) is 0 Å². The van der Waals surface area contributed by atoms with Crippen molar-refractivity contribution in [2.75, 3.05) is 30.3 Å². The number of halogens is 2. The number of benzene rings is 1. The summed E-state index contributed by atoms with van der Waals surface area (Å²) in [5, 5.41) is 2.60. The number of nitrogens with one attached hydrogen (secondary N) is 1. The fourth-order valence-corrected chi connectivity index (χ4v) is 1.65. The van der Waals surface area contributed by atoms with Gasteiger partial charge in [-0.25, -0.2) is 8.78 Å². The second kappa shape index (κ2) is 6.18. The maximum atomic E-state index is 13.7. The molecule has 0 aromatic heterocycles. The van der Waals surface area contributed by atoms with Crippen molar-refractivity contribution >= 4 is 17.3 Å². The summed E-state index contributed by atoms with van der Waals surface area (Å²) in [6.45, 7) is 4.29. The van der Waals surface area contributed by atoms with Gasteiger partial charge >= 0.3 is 0 Å². The zero-order chi connectivity index (χ0) is 13.7. The molecule has 0 atom stereocenters. The van der Waals surface area contributed by atoms with Gasteiger partial charge in [-0.1, -0.05) is 0 Å². The summed E-state index contributed by atoms with van der Waals surface area (Å²) < 4.78 is 26.9. The Morgan fingerprint density at radius 3 is 2.61 bits per heavy atom. The molecule has 6 heteroatoms. The lowest BCUT2D eigenvalue weighted by Crippen LogP contribution is -2.38. The minimum absolute atomic E-state index is 0.0606. The standard InChI is InChI=1S/C12H17F2N3O/c1-3-16-10(18)7-17(4-2)12-9(15)6-5-8(13)11(12)14/h5-6H,3-4,7,15H2,1-2H3,(H,16,18). The van der Waals surface area contributed by atoms with Crippen molar-refractivity contribution in [2.45, 2.75) is 13.8 Å². The third-order valence-corrected chi connectivity index (χ3v) is 2.51. The first-order valence-corrected chi connectivity index (χ1v) is 5.76. The average molecular weight is 257 g/mol. The lowest BCUT2D eigenvalue weighted by atomic mass is 10.2. The quantitative estimate of drug-likeness (QED) is 0.786. The molecule has 0 aliphatic rings. The summed E-state index contributed by atoms with van der Waals surface area (Å²) in [5.74, 6) is -2.27. The fourth-order valence-electron chi connectivity index (χ4n) is 1.65. The van der Waals surface area contributed by atoms with Gasteiger partial charge in [-0.15, -0.1) is 0 Å². The molecule has 1 aromatic carbocycles. The normalized spacial score (nSPS) is 10.2. The molecule has 4 nitrogen and oxygen atoms in total. The number of rotatable bonds is 5. The van der Waals surface area contributed by atoms with Gasteiger partial charge in [-0.2, -0.15) is 0 Å². The Hall–Kier alpha value is -1.85. The lowest BCUT2D eigenvalue weighted by molar-refractivity contribution is -0.119. The van der Waals surface area contributed by atoms with Crippen LogP contribution in [0.2, 0.25) is 0 Å². The van der Waals surface area contributed by atoms with Gasteiger partial charge in [0.25, 0.3) is 0 Å². The summed E-state index contributed by atoms with van der Waals surface area (Å²) >= 11 is 0. The van der Waals surface area contributed by atoms with Crippen LogP contribution in [-0.4, -0.2) is 25.5 Å². The maximum Gasteiger partial charge on any atom is 0.239 e. The van der Waals surface area contributed by atoms with E-state index in [0.29, 0.717) is 13.1 Å². The second-order valence-corrected chi connectivity index (χ2v) is 3.77. The van der Waals surface area contributed by atoms with Crippen molar-refractivity contribution in [3.05, 3.63) is 23.8 Å². The average Bonchev–Trinajstić information content (AvgIpc) is 2.33. The van der Waals surface area contributed by atoms with Gasteiger partial charge in [-0.3, -0.25) is 4.79 Å². The van der Waals surface area contributed by atoms with Crippen molar-refractivity contribution in [3.8, 4) is 0 Å². The van der Waals surface area contributed by atoms with Gasteiger partial charge in [-0.05, 0) is 26.0 Å². The summed E-state index contributed by atoms with van der Waals surface area (Å²) in [6.07, 6.45) is 0. The van der Waals surface area contributed by atoms with E-state index in [0.717, 1.165) is 6.07 Å². The van der Waals surface area contributed by atoms with Crippen LogP contribution in [0.5, 0.6) is 0 Å². The Bertz CT molecular complexity index is 438. The van der Waals surface area contributed by atoms with Crippen LogP contribution in [0.4, 0.5) is 20.2 Å². The number of carbonyl (C=O) groups is 1. The molecule has 0 heterocycles. The minimum Gasteiger partial charge on any atom is -0.397 e. The number of amides is 1. The van der Waals surface area contributed by atoms with E-state index in [4.69, 9.17) is 5.73 Å². The van der Waals surface area contributed by atoms with E-state index in [1.54, 1.807) is 13.8 Å². The van der Waals surface area contributed by atoms with Crippen LogP contribution < -0.4 is 16.0 Å². The van der Waals surface area contributed by atoms with Crippen LogP contribution in [0, 0.1) is 11.6 Å². The molecule has 0 fully saturated rings. The molecule has 0 radical (unpaired) electrons. The van der Waals surface area contributed by atoms with Crippen LogP contribution in [0.25, 0.3) is 0 Å². The van der Waals surface area contributed by atoms with Gasteiger partial charge in [0, 0.05) is 13.1 Å². The van der Waals surface area contributed by atoms with Gasteiger partial charge in [0.15, 0.2) is 11.6 Å². The predicted octanol–water partition coefficient (Wildman–Crippen LogP) is 1.51. The lowest BCUT2D eigenvalue weighted by Gasteiger charge is -2.24. The molecule has 1 rings (SSSR count). The first-order chi connectivity index (χ1) is 8.51. The number of nitrogens with zero attached hydrogens (tertiary/aromatic N) is 1. The molecule has 1 aromatic rings. The van der Waals surface area contributed by atoms with Crippen molar-refractivity contribution in [1.82, 2.24) is 5.32 Å².